The summed E-state index contributed by atoms with van der Waals surface area (Å²) in [4.78, 5) is 19.6. The Morgan fingerprint density at radius 2 is 1.60 bits per heavy atom. The number of fused-ring (bicyclic) bond motifs is 1. The summed E-state index contributed by atoms with van der Waals surface area (Å²) in [6, 6.07) is 28.5. The molecule has 1 aromatic heterocycles. The molecule has 6 heteroatoms. The van der Waals surface area contributed by atoms with Crippen molar-refractivity contribution in [2.75, 3.05) is 18.8 Å². The molecule has 180 valence electrons. The maximum absolute atomic E-state index is 12.7. The topological polar surface area (TPSA) is 47.4 Å². The molecule has 0 saturated carbocycles. The van der Waals surface area contributed by atoms with Crippen LogP contribution in [0.5, 0.6) is 5.75 Å². The van der Waals surface area contributed by atoms with Crippen LogP contribution >= 0.6 is 11.8 Å². The third-order valence-electron chi connectivity index (χ3n) is 6.59. The van der Waals surface area contributed by atoms with Crippen LogP contribution in [0.25, 0.3) is 11.0 Å². The highest BCUT2D eigenvalue weighted by Gasteiger charge is 2.24. The normalized spacial score (nSPS) is 14.3. The highest BCUT2D eigenvalue weighted by molar-refractivity contribution is 7.99. The van der Waals surface area contributed by atoms with Crippen molar-refractivity contribution in [1.82, 2.24) is 14.5 Å². The molecule has 0 bridgehead atoms. The molecule has 4 aromatic rings. The minimum atomic E-state index is 0.259. The van der Waals surface area contributed by atoms with E-state index in [-0.39, 0.29) is 5.91 Å². The Morgan fingerprint density at radius 3 is 2.37 bits per heavy atom. The molecule has 3 aromatic carbocycles. The highest BCUT2D eigenvalue weighted by Crippen LogP contribution is 2.25. The minimum Gasteiger partial charge on any atom is -0.486 e. The van der Waals surface area contributed by atoms with E-state index < -0.39 is 0 Å². The summed E-state index contributed by atoms with van der Waals surface area (Å²) >= 11 is 1.70. The molecule has 0 N–H and O–H groups in total. The van der Waals surface area contributed by atoms with Crippen molar-refractivity contribution in [2.24, 2.45) is 5.92 Å². The second-order valence-electron chi connectivity index (χ2n) is 9.03. The average Bonchev–Trinajstić information content (AvgIpc) is 3.26. The lowest BCUT2D eigenvalue weighted by molar-refractivity contribution is -0.129. The number of hydrogen-bond donors (Lipinski definition) is 0. The van der Waals surface area contributed by atoms with Gasteiger partial charge in [0.1, 0.15) is 18.2 Å². The Hall–Kier alpha value is -3.25. The number of imidazole rings is 1. The van der Waals surface area contributed by atoms with Gasteiger partial charge in [-0.25, -0.2) is 4.98 Å². The number of likely N-dealkylation sites (tertiary alicyclic amines) is 1. The summed E-state index contributed by atoms with van der Waals surface area (Å²) in [6.07, 6.45) is 2.03. The molecule has 2 heterocycles. The van der Waals surface area contributed by atoms with E-state index in [2.05, 4.69) is 34.9 Å². The van der Waals surface area contributed by atoms with Gasteiger partial charge >= 0.3 is 0 Å². The SMILES string of the molecule is O=C(CSCc1ccccc1)N1CCC(Cn2c(COc3ccccc3)nc3ccccc32)CC1. The van der Waals surface area contributed by atoms with Crippen LogP contribution in [-0.4, -0.2) is 39.2 Å². The van der Waals surface area contributed by atoms with Crippen molar-refractivity contribution >= 4 is 28.7 Å². The fourth-order valence-electron chi connectivity index (χ4n) is 4.65. The molecular formula is C29H31N3O2S. The first-order valence-corrected chi connectivity index (χ1v) is 13.4. The second kappa shape index (κ2) is 11.5. The number of rotatable bonds is 9. The molecule has 35 heavy (non-hydrogen) atoms. The van der Waals surface area contributed by atoms with E-state index in [9.17, 15) is 4.79 Å². The van der Waals surface area contributed by atoms with Gasteiger partial charge in [-0.2, -0.15) is 0 Å². The Morgan fingerprint density at radius 1 is 0.914 bits per heavy atom. The third kappa shape index (κ3) is 6.06. The fourth-order valence-corrected chi connectivity index (χ4v) is 5.54. The van der Waals surface area contributed by atoms with Gasteiger partial charge in [0.05, 0.1) is 16.8 Å². The van der Waals surface area contributed by atoms with Gasteiger partial charge in [0, 0.05) is 25.4 Å². The zero-order valence-electron chi connectivity index (χ0n) is 19.9. The van der Waals surface area contributed by atoms with E-state index in [1.165, 1.54) is 5.56 Å². The lowest BCUT2D eigenvalue weighted by Crippen LogP contribution is -2.40. The quantitative estimate of drug-likeness (QED) is 0.301. The van der Waals surface area contributed by atoms with Crippen LogP contribution in [0.2, 0.25) is 0 Å². The van der Waals surface area contributed by atoms with Crippen LogP contribution in [0, 0.1) is 5.92 Å². The van der Waals surface area contributed by atoms with E-state index in [1.54, 1.807) is 11.8 Å². The number of ether oxygens (including phenoxy) is 1. The third-order valence-corrected chi connectivity index (χ3v) is 7.58. The van der Waals surface area contributed by atoms with Crippen LogP contribution < -0.4 is 4.74 Å². The molecule has 1 saturated heterocycles. The van der Waals surface area contributed by atoms with Crippen molar-refractivity contribution in [2.45, 2.75) is 31.7 Å². The summed E-state index contributed by atoms with van der Waals surface area (Å²) in [6.45, 7) is 3.00. The number of benzene rings is 3. The average molecular weight is 486 g/mol. The fraction of sp³-hybridized carbons (Fsp3) is 0.310. The summed E-state index contributed by atoms with van der Waals surface area (Å²) in [5.74, 6) is 4.00. The summed E-state index contributed by atoms with van der Waals surface area (Å²) < 4.78 is 8.35. The van der Waals surface area contributed by atoms with E-state index >= 15 is 0 Å². The van der Waals surface area contributed by atoms with Crippen LogP contribution in [0.4, 0.5) is 0 Å². The zero-order valence-corrected chi connectivity index (χ0v) is 20.7. The number of hydrogen-bond acceptors (Lipinski definition) is 4. The summed E-state index contributed by atoms with van der Waals surface area (Å²) in [5.41, 5.74) is 3.42. The van der Waals surface area contributed by atoms with Gasteiger partial charge in [-0.3, -0.25) is 4.79 Å². The first-order valence-electron chi connectivity index (χ1n) is 12.3. The highest BCUT2D eigenvalue weighted by atomic mass is 32.2. The molecule has 0 atom stereocenters. The number of para-hydroxylation sites is 3. The van der Waals surface area contributed by atoms with E-state index in [0.29, 0.717) is 18.3 Å². The molecule has 0 spiro atoms. The van der Waals surface area contributed by atoms with E-state index in [4.69, 9.17) is 9.72 Å². The first-order chi connectivity index (χ1) is 17.3. The van der Waals surface area contributed by atoms with E-state index in [1.807, 2.05) is 59.5 Å². The van der Waals surface area contributed by atoms with Crippen molar-refractivity contribution < 1.29 is 9.53 Å². The molecular weight excluding hydrogens is 454 g/mol. The largest absolute Gasteiger partial charge is 0.486 e. The molecule has 0 radical (unpaired) electrons. The smallest absolute Gasteiger partial charge is 0.232 e. The van der Waals surface area contributed by atoms with Gasteiger partial charge < -0.3 is 14.2 Å². The van der Waals surface area contributed by atoms with Crippen molar-refractivity contribution in [3.05, 3.63) is 96.3 Å². The summed E-state index contributed by atoms with van der Waals surface area (Å²) in [7, 11) is 0. The molecule has 0 unspecified atom stereocenters. The lowest BCUT2D eigenvalue weighted by atomic mass is 9.96. The number of aromatic nitrogens is 2. The number of carbonyl (C=O) groups excluding carboxylic acids is 1. The van der Waals surface area contributed by atoms with Gasteiger partial charge in [0.25, 0.3) is 0 Å². The Kier molecular flexibility index (Phi) is 7.69. The molecule has 1 amide bonds. The molecule has 1 aliphatic heterocycles. The van der Waals surface area contributed by atoms with Crippen LogP contribution in [0.15, 0.2) is 84.9 Å². The second-order valence-corrected chi connectivity index (χ2v) is 10.0. The number of nitrogens with zero attached hydrogens (tertiary/aromatic N) is 3. The van der Waals surface area contributed by atoms with Crippen LogP contribution in [0.1, 0.15) is 24.2 Å². The minimum absolute atomic E-state index is 0.259. The monoisotopic (exact) mass is 485 g/mol. The number of piperidine rings is 1. The number of thioether (sulfide) groups is 1. The van der Waals surface area contributed by atoms with Crippen LogP contribution in [-0.2, 0) is 23.7 Å². The van der Waals surface area contributed by atoms with Gasteiger partial charge in [0.2, 0.25) is 5.91 Å². The Labute approximate surface area is 211 Å². The number of carbonyl (C=O) groups is 1. The van der Waals surface area contributed by atoms with Crippen molar-refractivity contribution in [3.8, 4) is 5.75 Å². The van der Waals surface area contributed by atoms with Gasteiger partial charge in [-0.05, 0) is 48.6 Å². The predicted octanol–water partition coefficient (Wildman–Crippen LogP) is 5.79. The number of amides is 1. The van der Waals surface area contributed by atoms with Gasteiger partial charge in [-0.15, -0.1) is 11.8 Å². The lowest BCUT2D eigenvalue weighted by Gasteiger charge is -2.32. The molecule has 1 fully saturated rings. The molecule has 5 nitrogen and oxygen atoms in total. The van der Waals surface area contributed by atoms with Gasteiger partial charge in [-0.1, -0.05) is 60.7 Å². The van der Waals surface area contributed by atoms with Gasteiger partial charge in [0.15, 0.2) is 0 Å². The Bertz CT molecular complexity index is 1230. The predicted molar refractivity (Wildman–Crippen MR) is 142 cm³/mol. The maximum Gasteiger partial charge on any atom is 0.232 e. The standard InChI is InChI=1S/C29H31N3O2S/c33-29(22-35-21-24-9-3-1-4-10-24)31-17-15-23(16-18-31)19-32-27-14-8-7-13-26(27)30-28(32)20-34-25-11-5-2-6-12-25/h1-14,23H,15-22H2. The molecule has 0 aliphatic carbocycles. The van der Waals surface area contributed by atoms with Crippen molar-refractivity contribution in [3.63, 3.8) is 0 Å². The zero-order chi connectivity index (χ0) is 23.9. The maximum atomic E-state index is 12.7. The Balaban J connectivity index is 1.17. The molecule has 5 rings (SSSR count). The van der Waals surface area contributed by atoms with Crippen LogP contribution in [0.3, 0.4) is 0 Å². The van der Waals surface area contributed by atoms with E-state index in [0.717, 1.165) is 60.8 Å². The first kappa shape index (κ1) is 23.5. The summed E-state index contributed by atoms with van der Waals surface area (Å²) in [5, 5.41) is 0. The molecule has 1 aliphatic rings. The van der Waals surface area contributed by atoms with Crippen molar-refractivity contribution in [1.29, 1.82) is 0 Å².